The number of amides is 3. The van der Waals surface area contributed by atoms with Crippen LogP contribution in [0.3, 0.4) is 0 Å². The molecule has 2 aromatic carbocycles. The standard InChI is InChI=1S/C34H40N6O5.C30H34N6O3/c1-32(2,3)45-31(42)40-19-33(20-40)28-25(30(41)38-34(33)10-11-34)24-9-6-22-18-35-29(37-26(22)27(24)36-28)21-4-7-23(8-5-21)44-17-14-39-12-15-43-16-13-39;1-35-17-29(18-35)26-23(28(37)34-30(29)8-9-30)22-7-4-20-16-31-27(33-24(20)25(22)32-26)19-2-5-21(6-3-19)39-15-12-36-10-13-38-14-11-36/h4-5,7-8,18,36H,6,9-17,19-20H2,1-3H3,(H,38,41);2-3,5-6,16,32H,4,7-15,17-18H2,1H3,(H,34,37). The number of rotatable bonds is 10. The maximum absolute atomic E-state index is 13.6. The molecule has 0 unspecified atom stereocenters. The molecule has 6 aromatic rings. The first-order valence-corrected chi connectivity index (χ1v) is 30.3. The van der Waals surface area contributed by atoms with Crippen LogP contribution in [-0.2, 0) is 50.7 Å². The maximum Gasteiger partial charge on any atom is 0.410 e. The Bertz CT molecular complexity index is 3570. The van der Waals surface area contributed by atoms with Crippen LogP contribution in [0.15, 0.2) is 60.9 Å². The Morgan fingerprint density at radius 2 is 1.04 bits per heavy atom. The molecule has 2 saturated carbocycles. The Morgan fingerprint density at radius 3 is 1.44 bits per heavy atom. The van der Waals surface area contributed by atoms with Gasteiger partial charge in [0, 0.05) is 100 Å². The quantitative estimate of drug-likeness (QED) is 0.122. The van der Waals surface area contributed by atoms with Crippen molar-refractivity contribution in [2.24, 2.45) is 0 Å². The number of benzene rings is 2. The Hall–Kier alpha value is -7.23. The van der Waals surface area contributed by atoms with Crippen molar-refractivity contribution in [2.75, 3.05) is 112 Å². The van der Waals surface area contributed by atoms with Crippen molar-refractivity contribution >= 4 is 17.9 Å². The molecule has 0 radical (unpaired) electrons. The van der Waals surface area contributed by atoms with Gasteiger partial charge in [0.05, 0.1) is 82.2 Å². The van der Waals surface area contributed by atoms with E-state index in [1.165, 1.54) is 0 Å². The number of likely N-dealkylation sites (tertiary alicyclic amines) is 2. The second kappa shape index (κ2) is 20.2. The van der Waals surface area contributed by atoms with Crippen LogP contribution in [0, 0.1) is 0 Å². The minimum absolute atomic E-state index is 0.0179. The highest BCUT2D eigenvalue weighted by Crippen LogP contribution is 2.61. The van der Waals surface area contributed by atoms with Gasteiger partial charge in [0.25, 0.3) is 11.8 Å². The molecule has 6 fully saturated rings. The van der Waals surface area contributed by atoms with Gasteiger partial charge in [-0.3, -0.25) is 19.4 Å². The number of fused-ring (bicyclic) bond motifs is 14. The minimum Gasteiger partial charge on any atom is -0.492 e. The third kappa shape index (κ3) is 9.07. The molecule has 4 aliphatic carbocycles. The number of aromatic amines is 2. The minimum atomic E-state index is -0.563. The molecule has 4 aromatic heterocycles. The van der Waals surface area contributed by atoms with E-state index in [-0.39, 0.29) is 39.8 Å². The summed E-state index contributed by atoms with van der Waals surface area (Å²) in [5.41, 5.74) is 12.2. The zero-order valence-electron chi connectivity index (χ0n) is 48.6. The summed E-state index contributed by atoms with van der Waals surface area (Å²) in [5.74, 6) is 3.04. The second-order valence-electron chi connectivity index (χ2n) is 26.0. The van der Waals surface area contributed by atoms with E-state index in [2.05, 4.69) is 42.3 Å². The largest absolute Gasteiger partial charge is 0.492 e. The van der Waals surface area contributed by atoms with Crippen molar-refractivity contribution in [3.8, 4) is 57.1 Å². The first-order chi connectivity index (χ1) is 40.7. The fourth-order valence-corrected chi connectivity index (χ4v) is 14.8. The molecule has 4 spiro atoms. The topological polar surface area (TPSA) is 218 Å². The number of morpholine rings is 2. The molecular formula is C64H74N12O8. The molecule has 438 valence electrons. The van der Waals surface area contributed by atoms with Gasteiger partial charge < -0.3 is 54.1 Å². The average Bonchev–Trinajstić information content (AvgIpc) is 1.51. The Balaban J connectivity index is 0.000000144. The molecule has 0 bridgehead atoms. The smallest absolute Gasteiger partial charge is 0.410 e. The van der Waals surface area contributed by atoms with Gasteiger partial charge in [0.2, 0.25) is 0 Å². The third-order valence-corrected chi connectivity index (χ3v) is 19.6. The fraction of sp³-hybridized carbons (Fsp3) is 0.516. The van der Waals surface area contributed by atoms with Gasteiger partial charge in [0.1, 0.15) is 30.3 Å². The van der Waals surface area contributed by atoms with Crippen LogP contribution < -0.4 is 20.1 Å². The number of aryl methyl sites for hydroxylation is 2. The molecule has 10 heterocycles. The highest BCUT2D eigenvalue weighted by molar-refractivity contribution is 6.03. The van der Waals surface area contributed by atoms with Crippen molar-refractivity contribution in [1.29, 1.82) is 0 Å². The van der Waals surface area contributed by atoms with Gasteiger partial charge in [-0.15, -0.1) is 0 Å². The van der Waals surface area contributed by atoms with Gasteiger partial charge in [-0.05, 0) is 150 Å². The first kappa shape index (κ1) is 53.5. The highest BCUT2D eigenvalue weighted by atomic mass is 16.6. The lowest BCUT2D eigenvalue weighted by atomic mass is 9.65. The third-order valence-electron chi connectivity index (χ3n) is 19.6. The number of carbonyl (C=O) groups excluding carboxylic acids is 3. The van der Waals surface area contributed by atoms with Crippen LogP contribution in [0.1, 0.15) is 101 Å². The summed E-state index contributed by atoms with van der Waals surface area (Å²) in [6, 6.07) is 16.0. The summed E-state index contributed by atoms with van der Waals surface area (Å²) in [7, 11) is 2.16. The van der Waals surface area contributed by atoms with Crippen molar-refractivity contribution in [3.63, 3.8) is 0 Å². The highest BCUT2D eigenvalue weighted by Gasteiger charge is 2.71. The van der Waals surface area contributed by atoms with Crippen LogP contribution in [0.25, 0.3) is 45.6 Å². The van der Waals surface area contributed by atoms with Crippen LogP contribution in [0.4, 0.5) is 4.79 Å². The van der Waals surface area contributed by atoms with Crippen molar-refractivity contribution in [2.45, 2.75) is 99.6 Å². The Labute approximate surface area is 488 Å². The number of ether oxygens (including phenoxy) is 5. The summed E-state index contributed by atoms with van der Waals surface area (Å²) in [6.07, 6.45) is 10.7. The van der Waals surface area contributed by atoms with Crippen LogP contribution >= 0.6 is 0 Å². The molecule has 20 nitrogen and oxygen atoms in total. The SMILES string of the molecule is CC(C)(C)OC(=O)N1CC2(C1)c1[nH]c3c(c1C(=O)NC21CC1)CCc1cnc(-c2ccc(OCCN4CCOCC4)cc2)nc1-3.CN1CC2(C1)c1[nH]c3c(c1C(=O)NC21CC1)CCc1cnc(-c2ccc(OCCN4CCOCC4)cc2)nc1-3. The van der Waals surface area contributed by atoms with Gasteiger partial charge in [-0.2, -0.15) is 0 Å². The number of carbonyl (C=O) groups is 3. The van der Waals surface area contributed by atoms with E-state index in [0.29, 0.717) is 38.0 Å². The van der Waals surface area contributed by atoms with Crippen molar-refractivity contribution in [1.82, 2.24) is 60.1 Å². The van der Waals surface area contributed by atoms with Crippen molar-refractivity contribution in [3.05, 3.63) is 106 Å². The van der Waals surface area contributed by atoms with E-state index in [0.717, 1.165) is 220 Å². The van der Waals surface area contributed by atoms with Gasteiger partial charge in [0.15, 0.2) is 11.6 Å². The molecule has 4 saturated heterocycles. The lowest BCUT2D eigenvalue weighted by Gasteiger charge is -2.56. The van der Waals surface area contributed by atoms with Crippen LogP contribution in [-0.4, -0.2) is 196 Å². The molecule has 84 heavy (non-hydrogen) atoms. The van der Waals surface area contributed by atoms with Gasteiger partial charge in [-0.25, -0.2) is 24.7 Å². The fourth-order valence-electron chi connectivity index (χ4n) is 14.8. The molecule has 16 rings (SSSR count). The number of aromatic nitrogens is 6. The Kier molecular flexibility index (Phi) is 12.9. The summed E-state index contributed by atoms with van der Waals surface area (Å²) in [4.78, 5) is 75.8. The maximum atomic E-state index is 13.6. The number of H-pyrrole nitrogens is 2. The van der Waals surface area contributed by atoms with E-state index in [1.54, 1.807) is 4.90 Å². The number of hydrogen-bond acceptors (Lipinski definition) is 15. The second-order valence-corrected chi connectivity index (χ2v) is 26.0. The molecule has 10 aliphatic rings. The summed E-state index contributed by atoms with van der Waals surface area (Å²) >= 11 is 0. The number of nitrogens with one attached hydrogen (secondary N) is 4. The van der Waals surface area contributed by atoms with Crippen molar-refractivity contribution < 1.29 is 38.1 Å². The molecule has 3 amide bonds. The summed E-state index contributed by atoms with van der Waals surface area (Å²) in [5, 5.41) is 6.80. The molecule has 20 heteroatoms. The molecule has 6 aliphatic heterocycles. The van der Waals surface area contributed by atoms with Crippen LogP contribution in [0.5, 0.6) is 11.5 Å². The Morgan fingerprint density at radius 1 is 0.607 bits per heavy atom. The van der Waals surface area contributed by atoms with E-state index >= 15 is 0 Å². The predicted molar refractivity (Wildman–Crippen MR) is 312 cm³/mol. The molecular weight excluding hydrogens is 1060 g/mol. The summed E-state index contributed by atoms with van der Waals surface area (Å²) in [6.45, 7) is 18.6. The molecule has 0 atom stereocenters. The van der Waals surface area contributed by atoms with E-state index < -0.39 is 5.60 Å². The zero-order chi connectivity index (χ0) is 57.2. The summed E-state index contributed by atoms with van der Waals surface area (Å²) < 4.78 is 28.5. The first-order valence-electron chi connectivity index (χ1n) is 30.3. The zero-order valence-corrected chi connectivity index (χ0v) is 48.6. The average molecular weight is 1140 g/mol. The number of nitrogens with zero attached hydrogens (tertiary/aromatic N) is 8. The van der Waals surface area contributed by atoms with E-state index in [4.69, 9.17) is 43.6 Å². The number of hydrogen-bond donors (Lipinski definition) is 4. The number of likely N-dealkylation sites (N-methyl/N-ethyl adjacent to an activating group) is 1. The van der Waals surface area contributed by atoms with Gasteiger partial charge in [-0.1, -0.05) is 0 Å². The predicted octanol–water partition coefficient (Wildman–Crippen LogP) is 6.12. The normalized spacial score (nSPS) is 21.7. The monoisotopic (exact) mass is 1140 g/mol. The lowest BCUT2D eigenvalue weighted by Crippen LogP contribution is -2.73. The molecule has 4 N–H and O–H groups in total. The van der Waals surface area contributed by atoms with Gasteiger partial charge >= 0.3 is 6.09 Å². The van der Waals surface area contributed by atoms with Crippen LogP contribution in [0.2, 0.25) is 0 Å². The van der Waals surface area contributed by atoms with E-state index in [1.807, 2.05) is 81.7 Å². The lowest BCUT2D eigenvalue weighted by molar-refractivity contribution is -0.0240. The van der Waals surface area contributed by atoms with E-state index in [9.17, 15) is 14.4 Å².